The highest BCUT2D eigenvalue weighted by atomic mass is 79.9. The number of rotatable bonds is 3. The molecular formula is C5H8BrNO2. The number of alkyl halides is 1. The van der Waals surface area contributed by atoms with Gasteiger partial charge in [0, 0.05) is 5.33 Å². The average molecular weight is 194 g/mol. The van der Waals surface area contributed by atoms with Gasteiger partial charge < -0.3 is 10.1 Å². The van der Waals surface area contributed by atoms with Gasteiger partial charge in [0.25, 0.3) is 0 Å². The quantitative estimate of drug-likeness (QED) is 0.516. The molecule has 0 spiro atoms. The van der Waals surface area contributed by atoms with E-state index < -0.39 is 0 Å². The fraction of sp³-hybridized carbons (Fsp3) is 0.800. The Morgan fingerprint density at radius 1 is 1.89 bits per heavy atom. The van der Waals surface area contributed by atoms with Gasteiger partial charge in [-0.1, -0.05) is 15.9 Å². The van der Waals surface area contributed by atoms with Crippen molar-refractivity contribution >= 4 is 21.8 Å². The first-order valence-corrected chi connectivity index (χ1v) is 3.92. The Morgan fingerprint density at radius 3 is 3.00 bits per heavy atom. The van der Waals surface area contributed by atoms with Gasteiger partial charge in [-0.3, -0.25) is 4.79 Å². The summed E-state index contributed by atoms with van der Waals surface area (Å²) in [5.74, 6) is 0.0783. The number of amides is 1. The third-order valence-electron chi connectivity index (χ3n) is 1.09. The normalized spacial score (nSPS) is 25.0. The summed E-state index contributed by atoms with van der Waals surface area (Å²) in [4.78, 5) is 10.3. The van der Waals surface area contributed by atoms with E-state index in [4.69, 9.17) is 4.74 Å². The maximum Gasteiger partial charge on any atom is 0.226 e. The number of nitrogens with one attached hydrogen (secondary N) is 1. The molecule has 1 fully saturated rings. The van der Waals surface area contributed by atoms with E-state index in [-0.39, 0.29) is 12.1 Å². The van der Waals surface area contributed by atoms with Crippen LogP contribution in [0.15, 0.2) is 0 Å². The zero-order valence-electron chi connectivity index (χ0n) is 4.89. The van der Waals surface area contributed by atoms with Gasteiger partial charge in [-0.15, -0.1) is 0 Å². The molecule has 9 heavy (non-hydrogen) atoms. The van der Waals surface area contributed by atoms with Gasteiger partial charge in [-0.2, -0.15) is 0 Å². The molecule has 1 rings (SSSR count). The van der Waals surface area contributed by atoms with Gasteiger partial charge >= 0.3 is 0 Å². The molecule has 1 saturated heterocycles. The zero-order chi connectivity index (χ0) is 6.69. The third kappa shape index (κ3) is 1.95. The first-order chi connectivity index (χ1) is 4.33. The van der Waals surface area contributed by atoms with E-state index in [1.807, 2.05) is 0 Å². The molecule has 0 saturated carbocycles. The second-order valence-corrected chi connectivity index (χ2v) is 2.61. The highest BCUT2D eigenvalue weighted by Crippen LogP contribution is 2.04. The van der Waals surface area contributed by atoms with Crippen molar-refractivity contribution in [3.05, 3.63) is 0 Å². The SMILES string of the molecule is O=C1CC(OCCBr)N1. The van der Waals surface area contributed by atoms with E-state index in [2.05, 4.69) is 21.2 Å². The largest absolute Gasteiger partial charge is 0.357 e. The van der Waals surface area contributed by atoms with Gasteiger partial charge in [0.05, 0.1) is 13.0 Å². The number of hydrogen-bond donors (Lipinski definition) is 1. The maximum absolute atomic E-state index is 10.3. The summed E-state index contributed by atoms with van der Waals surface area (Å²) in [6.07, 6.45) is 0.502. The Kier molecular flexibility index (Phi) is 2.48. The van der Waals surface area contributed by atoms with Crippen LogP contribution in [-0.4, -0.2) is 24.1 Å². The maximum atomic E-state index is 10.3. The number of β-lactam (4-membered cyclic amide) rings is 1. The molecule has 52 valence electrons. The van der Waals surface area contributed by atoms with Crippen molar-refractivity contribution < 1.29 is 9.53 Å². The van der Waals surface area contributed by atoms with Gasteiger partial charge in [0.1, 0.15) is 6.23 Å². The predicted molar refractivity (Wildman–Crippen MR) is 36.3 cm³/mol. The molecule has 1 N–H and O–H groups in total. The standard InChI is InChI=1S/C5H8BrNO2/c6-1-2-9-5-3-4(8)7-5/h5H,1-3H2,(H,7,8). The number of hydrogen-bond acceptors (Lipinski definition) is 2. The Labute approximate surface area is 61.9 Å². The van der Waals surface area contributed by atoms with E-state index in [1.165, 1.54) is 0 Å². The van der Waals surface area contributed by atoms with E-state index in [0.717, 1.165) is 5.33 Å². The van der Waals surface area contributed by atoms with Crippen molar-refractivity contribution in [2.24, 2.45) is 0 Å². The summed E-state index contributed by atoms with van der Waals surface area (Å²) < 4.78 is 5.12. The van der Waals surface area contributed by atoms with Crippen LogP contribution in [0.2, 0.25) is 0 Å². The predicted octanol–water partition coefficient (Wildman–Crippen LogP) is 0.244. The second kappa shape index (κ2) is 3.17. The van der Waals surface area contributed by atoms with Crippen LogP contribution >= 0.6 is 15.9 Å². The van der Waals surface area contributed by atoms with Crippen molar-refractivity contribution in [2.75, 3.05) is 11.9 Å². The average Bonchev–Trinajstić information content (AvgIpc) is 1.78. The fourth-order valence-corrected chi connectivity index (χ4v) is 0.801. The molecule has 0 aromatic rings. The minimum Gasteiger partial charge on any atom is -0.357 e. The molecule has 1 aliphatic heterocycles. The lowest BCUT2D eigenvalue weighted by atomic mass is 10.2. The summed E-state index contributed by atoms with van der Waals surface area (Å²) in [7, 11) is 0. The molecule has 0 bridgehead atoms. The van der Waals surface area contributed by atoms with Gasteiger partial charge in [0.2, 0.25) is 5.91 Å². The molecule has 1 amide bonds. The van der Waals surface area contributed by atoms with E-state index in [0.29, 0.717) is 13.0 Å². The number of carbonyl (C=O) groups excluding carboxylic acids is 1. The monoisotopic (exact) mass is 193 g/mol. The Hall–Kier alpha value is -0.0900. The summed E-state index contributed by atoms with van der Waals surface area (Å²) in [5, 5.41) is 3.41. The number of ether oxygens (including phenoxy) is 1. The molecule has 0 aliphatic carbocycles. The van der Waals surface area contributed by atoms with Crippen molar-refractivity contribution in [1.29, 1.82) is 0 Å². The van der Waals surface area contributed by atoms with Crippen LogP contribution in [0.4, 0.5) is 0 Å². The highest BCUT2D eigenvalue weighted by Gasteiger charge is 2.24. The Bertz CT molecular complexity index is 110. The van der Waals surface area contributed by atoms with Gasteiger partial charge in [0.15, 0.2) is 0 Å². The first kappa shape index (κ1) is 7.02. The molecule has 1 atom stereocenters. The number of halogens is 1. The molecule has 3 nitrogen and oxygen atoms in total. The van der Waals surface area contributed by atoms with Crippen molar-refractivity contribution in [3.63, 3.8) is 0 Å². The Balaban J connectivity index is 1.97. The lowest BCUT2D eigenvalue weighted by molar-refractivity contribution is -0.139. The smallest absolute Gasteiger partial charge is 0.226 e. The highest BCUT2D eigenvalue weighted by molar-refractivity contribution is 9.09. The second-order valence-electron chi connectivity index (χ2n) is 1.82. The molecule has 0 aromatic heterocycles. The topological polar surface area (TPSA) is 38.3 Å². The molecule has 1 unspecified atom stereocenters. The van der Waals surface area contributed by atoms with E-state index >= 15 is 0 Å². The summed E-state index contributed by atoms with van der Waals surface area (Å²) >= 11 is 3.21. The van der Waals surface area contributed by atoms with Gasteiger partial charge in [-0.05, 0) is 0 Å². The van der Waals surface area contributed by atoms with Crippen molar-refractivity contribution in [3.8, 4) is 0 Å². The minimum absolute atomic E-state index is 0.0185. The van der Waals surface area contributed by atoms with Crippen LogP contribution in [0.25, 0.3) is 0 Å². The molecule has 0 radical (unpaired) electrons. The van der Waals surface area contributed by atoms with E-state index in [1.54, 1.807) is 0 Å². The van der Waals surface area contributed by atoms with Crippen LogP contribution in [0, 0.1) is 0 Å². The van der Waals surface area contributed by atoms with Crippen molar-refractivity contribution in [1.82, 2.24) is 5.32 Å². The molecule has 1 heterocycles. The summed E-state index contributed by atoms with van der Waals surface area (Å²) in [6, 6.07) is 0. The van der Waals surface area contributed by atoms with Crippen LogP contribution in [0.1, 0.15) is 6.42 Å². The zero-order valence-corrected chi connectivity index (χ0v) is 6.48. The molecule has 1 aliphatic rings. The van der Waals surface area contributed by atoms with Crippen LogP contribution in [0.3, 0.4) is 0 Å². The molecule has 0 aromatic carbocycles. The van der Waals surface area contributed by atoms with E-state index in [9.17, 15) is 4.79 Å². The lowest BCUT2D eigenvalue weighted by Crippen LogP contribution is -2.50. The lowest BCUT2D eigenvalue weighted by Gasteiger charge is -2.26. The van der Waals surface area contributed by atoms with Crippen molar-refractivity contribution in [2.45, 2.75) is 12.6 Å². The van der Waals surface area contributed by atoms with Crippen LogP contribution in [-0.2, 0) is 9.53 Å². The Morgan fingerprint density at radius 2 is 2.56 bits per heavy atom. The minimum atomic E-state index is -0.0185. The first-order valence-electron chi connectivity index (χ1n) is 2.80. The van der Waals surface area contributed by atoms with Gasteiger partial charge in [-0.25, -0.2) is 0 Å². The summed E-state index contributed by atoms with van der Waals surface area (Å²) in [5.41, 5.74) is 0. The summed E-state index contributed by atoms with van der Waals surface area (Å²) in [6.45, 7) is 0.658. The third-order valence-corrected chi connectivity index (χ3v) is 1.41. The fourth-order valence-electron chi connectivity index (χ4n) is 0.614. The van der Waals surface area contributed by atoms with Crippen LogP contribution in [0.5, 0.6) is 0 Å². The number of carbonyl (C=O) groups is 1. The van der Waals surface area contributed by atoms with Crippen LogP contribution < -0.4 is 5.32 Å². The molecule has 4 heteroatoms. The molecular weight excluding hydrogens is 186 g/mol.